The van der Waals surface area contributed by atoms with Gasteiger partial charge >= 0.3 is 0 Å². The summed E-state index contributed by atoms with van der Waals surface area (Å²) in [5.74, 6) is 0.843. The molecule has 1 aromatic heterocycles. The zero-order valence-electron chi connectivity index (χ0n) is 15.0. The number of hydrogen-bond donors (Lipinski definition) is 1. The lowest BCUT2D eigenvalue weighted by atomic mass is 10.2. The summed E-state index contributed by atoms with van der Waals surface area (Å²) >= 11 is 0. The number of carbonyl (C=O) groups is 1. The molecule has 3 aromatic rings. The van der Waals surface area contributed by atoms with Gasteiger partial charge in [0.05, 0.1) is 11.1 Å². The van der Waals surface area contributed by atoms with E-state index in [-0.39, 0.29) is 12.2 Å². The molecule has 28 heavy (non-hydrogen) atoms. The molecular weight excluding hydrogens is 362 g/mol. The Hall–Kier alpha value is -3.94. The van der Waals surface area contributed by atoms with Crippen LogP contribution in [0.3, 0.4) is 0 Å². The standard InChI is InChI=1S/C20H17N3O5/c1-14-3-2-4-18(11-14)28-17-8-5-15(6-9-17)21-19(24)13-22-12-16(23(26)27)7-10-20(22)25/h2-12H,13H2,1H3,(H,21,24). The van der Waals surface area contributed by atoms with Crippen molar-refractivity contribution in [2.45, 2.75) is 13.5 Å². The molecule has 0 bridgehead atoms. The number of benzene rings is 2. The van der Waals surface area contributed by atoms with Gasteiger partial charge in [-0.1, -0.05) is 12.1 Å². The number of ether oxygens (including phenoxy) is 1. The molecule has 0 aliphatic carbocycles. The first-order valence-electron chi connectivity index (χ1n) is 8.40. The van der Waals surface area contributed by atoms with Crippen molar-refractivity contribution in [1.29, 1.82) is 0 Å². The molecule has 1 amide bonds. The summed E-state index contributed by atoms with van der Waals surface area (Å²) < 4.78 is 6.73. The Bertz CT molecular complexity index is 1070. The van der Waals surface area contributed by atoms with Crippen molar-refractivity contribution in [3.63, 3.8) is 0 Å². The van der Waals surface area contributed by atoms with Crippen molar-refractivity contribution in [3.05, 3.63) is 92.9 Å². The molecule has 0 saturated carbocycles. The molecule has 0 radical (unpaired) electrons. The maximum Gasteiger partial charge on any atom is 0.285 e. The Morgan fingerprint density at radius 2 is 1.86 bits per heavy atom. The molecule has 0 aliphatic heterocycles. The summed E-state index contributed by atoms with van der Waals surface area (Å²) in [6.07, 6.45) is 1.04. The first-order chi connectivity index (χ1) is 13.4. The third-order valence-electron chi connectivity index (χ3n) is 3.86. The highest BCUT2D eigenvalue weighted by Gasteiger charge is 2.11. The molecule has 142 valence electrons. The van der Waals surface area contributed by atoms with E-state index in [1.165, 1.54) is 0 Å². The fourth-order valence-electron chi connectivity index (χ4n) is 2.53. The fraction of sp³-hybridized carbons (Fsp3) is 0.100. The molecular formula is C20H17N3O5. The Morgan fingerprint density at radius 3 is 2.54 bits per heavy atom. The van der Waals surface area contributed by atoms with Gasteiger partial charge in [-0.2, -0.15) is 0 Å². The van der Waals surface area contributed by atoms with Gasteiger partial charge in [0.25, 0.3) is 11.2 Å². The number of pyridine rings is 1. The van der Waals surface area contributed by atoms with Crippen LogP contribution in [0.2, 0.25) is 0 Å². The van der Waals surface area contributed by atoms with Crippen LogP contribution in [0, 0.1) is 17.0 Å². The number of anilines is 1. The first-order valence-corrected chi connectivity index (χ1v) is 8.40. The number of carbonyl (C=O) groups excluding carboxylic acids is 1. The summed E-state index contributed by atoms with van der Waals surface area (Å²) in [6.45, 7) is 1.64. The van der Waals surface area contributed by atoms with Gasteiger partial charge in [-0.05, 0) is 48.9 Å². The molecule has 0 atom stereocenters. The quantitative estimate of drug-likeness (QED) is 0.521. The summed E-state index contributed by atoms with van der Waals surface area (Å²) in [6, 6.07) is 16.5. The van der Waals surface area contributed by atoms with E-state index >= 15 is 0 Å². The van der Waals surface area contributed by atoms with Gasteiger partial charge in [-0.3, -0.25) is 24.3 Å². The van der Waals surface area contributed by atoms with E-state index in [2.05, 4.69) is 5.32 Å². The summed E-state index contributed by atoms with van der Waals surface area (Å²) in [7, 11) is 0. The molecule has 0 spiro atoms. The van der Waals surface area contributed by atoms with Crippen LogP contribution in [0.4, 0.5) is 11.4 Å². The number of aromatic nitrogens is 1. The van der Waals surface area contributed by atoms with E-state index in [9.17, 15) is 19.7 Å². The van der Waals surface area contributed by atoms with E-state index in [0.717, 1.165) is 28.5 Å². The van der Waals surface area contributed by atoms with E-state index in [0.29, 0.717) is 17.2 Å². The van der Waals surface area contributed by atoms with Crippen LogP contribution < -0.4 is 15.6 Å². The smallest absolute Gasteiger partial charge is 0.285 e. The van der Waals surface area contributed by atoms with E-state index < -0.39 is 16.4 Å². The number of amides is 1. The van der Waals surface area contributed by atoms with Crippen LogP contribution in [0.15, 0.2) is 71.7 Å². The van der Waals surface area contributed by atoms with Crippen molar-refractivity contribution in [2.24, 2.45) is 0 Å². The second kappa shape index (κ2) is 8.17. The third-order valence-corrected chi connectivity index (χ3v) is 3.86. The SMILES string of the molecule is Cc1cccc(Oc2ccc(NC(=O)Cn3cc([N+](=O)[O-])ccc3=O)cc2)c1. The summed E-state index contributed by atoms with van der Waals surface area (Å²) in [4.78, 5) is 34.1. The highest BCUT2D eigenvalue weighted by Crippen LogP contribution is 2.23. The number of aryl methyl sites for hydroxylation is 1. The average molecular weight is 379 g/mol. The van der Waals surface area contributed by atoms with Gasteiger partial charge < -0.3 is 10.1 Å². The Balaban J connectivity index is 1.64. The molecule has 0 saturated heterocycles. The molecule has 0 fully saturated rings. The molecule has 0 aliphatic rings. The Morgan fingerprint density at radius 1 is 1.11 bits per heavy atom. The normalized spacial score (nSPS) is 10.3. The number of rotatable bonds is 6. The summed E-state index contributed by atoms with van der Waals surface area (Å²) in [5.41, 5.74) is 0.838. The van der Waals surface area contributed by atoms with Crippen LogP contribution in [-0.2, 0) is 11.3 Å². The van der Waals surface area contributed by atoms with Gasteiger partial charge in [0, 0.05) is 17.8 Å². The van der Waals surface area contributed by atoms with Crippen molar-refractivity contribution in [1.82, 2.24) is 4.57 Å². The molecule has 0 unspecified atom stereocenters. The minimum Gasteiger partial charge on any atom is -0.457 e. The monoisotopic (exact) mass is 379 g/mol. The molecule has 1 N–H and O–H groups in total. The Labute approximate surface area is 160 Å². The van der Waals surface area contributed by atoms with Crippen LogP contribution in [0.1, 0.15) is 5.56 Å². The van der Waals surface area contributed by atoms with Crippen molar-refractivity contribution >= 4 is 17.3 Å². The van der Waals surface area contributed by atoms with Crippen molar-refractivity contribution in [2.75, 3.05) is 5.32 Å². The Kier molecular flexibility index (Phi) is 5.50. The number of nitro groups is 1. The fourth-order valence-corrected chi connectivity index (χ4v) is 2.53. The van der Waals surface area contributed by atoms with Crippen molar-refractivity contribution < 1.29 is 14.5 Å². The van der Waals surface area contributed by atoms with Crippen LogP contribution in [0.5, 0.6) is 11.5 Å². The molecule has 8 nitrogen and oxygen atoms in total. The van der Waals surface area contributed by atoms with E-state index in [1.807, 2.05) is 31.2 Å². The minimum absolute atomic E-state index is 0.259. The van der Waals surface area contributed by atoms with Gasteiger partial charge in [-0.25, -0.2) is 0 Å². The molecule has 1 heterocycles. The number of nitrogens with one attached hydrogen (secondary N) is 1. The number of nitrogens with zero attached hydrogens (tertiary/aromatic N) is 2. The van der Waals surface area contributed by atoms with Gasteiger partial charge in [0.1, 0.15) is 18.0 Å². The maximum absolute atomic E-state index is 12.2. The second-order valence-corrected chi connectivity index (χ2v) is 6.10. The zero-order chi connectivity index (χ0) is 20.1. The molecule has 2 aromatic carbocycles. The predicted octanol–water partition coefficient (Wildman–Crippen LogP) is 3.50. The van der Waals surface area contributed by atoms with Crippen LogP contribution in [-0.4, -0.2) is 15.4 Å². The van der Waals surface area contributed by atoms with Gasteiger partial charge in [0.15, 0.2) is 0 Å². The molecule has 3 rings (SSSR count). The maximum atomic E-state index is 12.2. The highest BCUT2D eigenvalue weighted by atomic mass is 16.6. The van der Waals surface area contributed by atoms with E-state index in [4.69, 9.17) is 4.74 Å². The minimum atomic E-state index is -0.624. The van der Waals surface area contributed by atoms with Crippen LogP contribution >= 0.6 is 0 Å². The lowest BCUT2D eigenvalue weighted by Crippen LogP contribution is -2.26. The van der Waals surface area contributed by atoms with Gasteiger partial charge in [-0.15, -0.1) is 0 Å². The summed E-state index contributed by atoms with van der Waals surface area (Å²) in [5, 5.41) is 13.4. The lowest BCUT2D eigenvalue weighted by Gasteiger charge is -2.09. The topological polar surface area (TPSA) is 103 Å². The molecule has 8 heteroatoms. The second-order valence-electron chi connectivity index (χ2n) is 6.10. The zero-order valence-corrected chi connectivity index (χ0v) is 15.0. The largest absolute Gasteiger partial charge is 0.457 e. The van der Waals surface area contributed by atoms with Crippen LogP contribution in [0.25, 0.3) is 0 Å². The first kappa shape index (κ1) is 18.8. The average Bonchev–Trinajstić information content (AvgIpc) is 2.65. The third kappa shape index (κ3) is 4.82. The number of hydrogen-bond acceptors (Lipinski definition) is 5. The highest BCUT2D eigenvalue weighted by molar-refractivity contribution is 5.90. The van der Waals surface area contributed by atoms with E-state index in [1.54, 1.807) is 24.3 Å². The van der Waals surface area contributed by atoms with Gasteiger partial charge in [0.2, 0.25) is 5.91 Å². The van der Waals surface area contributed by atoms with Crippen molar-refractivity contribution in [3.8, 4) is 11.5 Å². The lowest BCUT2D eigenvalue weighted by molar-refractivity contribution is -0.385. The predicted molar refractivity (Wildman–Crippen MR) is 104 cm³/mol.